The molecular weight excluding hydrogens is 248 g/mol. The number of hydrogen-bond acceptors (Lipinski definition) is 3. The molecule has 0 spiro atoms. The van der Waals surface area contributed by atoms with Crippen LogP contribution in [0.15, 0.2) is 41.1 Å². The quantitative estimate of drug-likeness (QED) is 0.930. The summed E-state index contributed by atoms with van der Waals surface area (Å²) in [6, 6.07) is 11.5. The van der Waals surface area contributed by atoms with Crippen LogP contribution < -0.4 is 5.32 Å². The molecule has 0 amide bonds. The second-order valence-electron chi connectivity index (χ2n) is 6.16. The molecular formula is C17H20N2O. The van der Waals surface area contributed by atoms with Gasteiger partial charge in [0.05, 0.1) is 12.7 Å². The normalized spacial score (nSPS) is 28.1. The summed E-state index contributed by atoms with van der Waals surface area (Å²) in [4.78, 5) is 0. The lowest BCUT2D eigenvalue weighted by molar-refractivity contribution is 0.310. The Kier molecular flexibility index (Phi) is 3.07. The highest BCUT2D eigenvalue weighted by atomic mass is 16.5. The fourth-order valence-electron chi connectivity index (χ4n) is 4.04. The highest BCUT2D eigenvalue weighted by Gasteiger charge is 2.38. The fraction of sp³-hybridized carbons (Fsp3) is 0.471. The lowest BCUT2D eigenvalue weighted by Crippen LogP contribution is -2.37. The largest absolute Gasteiger partial charge is 0.360 e. The summed E-state index contributed by atoms with van der Waals surface area (Å²) < 4.78 is 5.20. The van der Waals surface area contributed by atoms with Crippen LogP contribution in [0.2, 0.25) is 0 Å². The molecule has 1 saturated carbocycles. The molecule has 2 aliphatic rings. The van der Waals surface area contributed by atoms with Crippen molar-refractivity contribution in [1.82, 2.24) is 10.5 Å². The average Bonchev–Trinajstić information content (AvgIpc) is 3.04. The molecule has 4 rings (SSSR count). The smallest absolute Gasteiger partial charge is 0.150 e. The van der Waals surface area contributed by atoms with Crippen LogP contribution in [0.25, 0.3) is 0 Å². The maximum atomic E-state index is 5.20. The molecule has 3 nitrogen and oxygen atoms in total. The molecule has 0 saturated heterocycles. The molecule has 1 N–H and O–H groups in total. The summed E-state index contributed by atoms with van der Waals surface area (Å²) in [5, 5.41) is 7.50. The second kappa shape index (κ2) is 5.06. The van der Waals surface area contributed by atoms with Gasteiger partial charge < -0.3 is 9.84 Å². The van der Waals surface area contributed by atoms with Gasteiger partial charge in [-0.25, -0.2) is 0 Å². The summed E-state index contributed by atoms with van der Waals surface area (Å²) in [7, 11) is 0. The molecule has 1 heterocycles. The Hall–Kier alpha value is -1.61. The minimum atomic E-state index is 0.618. The molecule has 2 unspecified atom stereocenters. The van der Waals surface area contributed by atoms with Crippen LogP contribution in [0.1, 0.15) is 29.7 Å². The monoisotopic (exact) mass is 268 g/mol. The van der Waals surface area contributed by atoms with E-state index in [0.29, 0.717) is 6.04 Å². The van der Waals surface area contributed by atoms with E-state index in [4.69, 9.17) is 4.52 Å². The van der Waals surface area contributed by atoms with E-state index in [0.717, 1.165) is 24.1 Å². The van der Waals surface area contributed by atoms with Crippen molar-refractivity contribution >= 4 is 0 Å². The van der Waals surface area contributed by atoms with Crippen molar-refractivity contribution in [3.8, 4) is 0 Å². The van der Waals surface area contributed by atoms with Crippen LogP contribution >= 0.6 is 0 Å². The van der Waals surface area contributed by atoms with Gasteiger partial charge in [-0.2, -0.15) is 0 Å². The zero-order valence-electron chi connectivity index (χ0n) is 11.6. The molecule has 0 aliphatic heterocycles. The van der Waals surface area contributed by atoms with Crippen LogP contribution in [-0.2, 0) is 19.4 Å². The van der Waals surface area contributed by atoms with Crippen LogP contribution in [0.4, 0.5) is 0 Å². The van der Waals surface area contributed by atoms with Gasteiger partial charge in [0.1, 0.15) is 5.76 Å². The average molecular weight is 268 g/mol. The molecule has 0 radical (unpaired) electrons. The minimum Gasteiger partial charge on any atom is -0.360 e. The first-order chi connectivity index (χ1) is 9.90. The summed E-state index contributed by atoms with van der Waals surface area (Å²) in [6.45, 7) is 0.800. The van der Waals surface area contributed by atoms with Gasteiger partial charge in [-0.05, 0) is 48.6 Å². The highest BCUT2D eigenvalue weighted by molar-refractivity contribution is 5.30. The number of hydrogen-bond donors (Lipinski definition) is 1. The number of fused-ring (bicyclic) bond motifs is 3. The van der Waals surface area contributed by atoms with E-state index in [1.54, 1.807) is 17.3 Å². The van der Waals surface area contributed by atoms with Gasteiger partial charge in [-0.1, -0.05) is 29.4 Å². The molecule has 1 fully saturated rings. The second-order valence-corrected chi connectivity index (χ2v) is 6.16. The molecule has 2 bridgehead atoms. The predicted octanol–water partition coefficient (Wildman–Crippen LogP) is 2.96. The van der Waals surface area contributed by atoms with E-state index in [9.17, 15) is 0 Å². The lowest BCUT2D eigenvalue weighted by Gasteiger charge is -2.23. The first kappa shape index (κ1) is 12.2. The third-order valence-corrected chi connectivity index (χ3v) is 5.01. The minimum absolute atomic E-state index is 0.618. The molecule has 2 atom stereocenters. The number of nitrogens with zero attached hydrogens (tertiary/aromatic N) is 1. The fourth-order valence-corrected chi connectivity index (χ4v) is 4.04. The number of rotatable bonds is 3. The highest BCUT2D eigenvalue weighted by Crippen LogP contribution is 2.40. The number of aromatic nitrogens is 1. The molecule has 20 heavy (non-hydrogen) atoms. The van der Waals surface area contributed by atoms with Gasteiger partial charge in [-0.3, -0.25) is 0 Å². The molecule has 104 valence electrons. The van der Waals surface area contributed by atoms with Gasteiger partial charge in [0.25, 0.3) is 0 Å². The van der Waals surface area contributed by atoms with E-state index < -0.39 is 0 Å². The Morgan fingerprint density at radius 3 is 2.35 bits per heavy atom. The molecule has 1 aromatic heterocycles. The molecule has 3 heteroatoms. The standard InChI is InChI=1S/C17H20N2O/c1-2-4-13-10-15-6-5-14(9-12(13)3-1)17(15)18-11-16-7-8-19-20-16/h1-4,7-8,14-15,17-18H,5-6,9-11H2. The van der Waals surface area contributed by atoms with E-state index in [1.807, 2.05) is 6.07 Å². The van der Waals surface area contributed by atoms with Crippen LogP contribution in [0, 0.1) is 11.8 Å². The Bertz CT molecular complexity index is 545. The molecule has 1 aromatic carbocycles. The van der Waals surface area contributed by atoms with Crippen LogP contribution in [0.3, 0.4) is 0 Å². The van der Waals surface area contributed by atoms with Crippen molar-refractivity contribution in [2.75, 3.05) is 0 Å². The first-order valence-corrected chi connectivity index (χ1v) is 7.60. The first-order valence-electron chi connectivity index (χ1n) is 7.60. The third-order valence-electron chi connectivity index (χ3n) is 5.01. The van der Waals surface area contributed by atoms with Gasteiger partial charge in [0.2, 0.25) is 0 Å². The Labute approximate surface area is 119 Å². The van der Waals surface area contributed by atoms with E-state index in [1.165, 1.54) is 25.7 Å². The maximum Gasteiger partial charge on any atom is 0.150 e. The van der Waals surface area contributed by atoms with Crippen molar-refractivity contribution < 1.29 is 4.52 Å². The third kappa shape index (κ3) is 2.16. The van der Waals surface area contributed by atoms with Crippen molar-refractivity contribution in [1.29, 1.82) is 0 Å². The van der Waals surface area contributed by atoms with E-state index in [2.05, 4.69) is 34.7 Å². The maximum absolute atomic E-state index is 5.20. The molecule has 2 aromatic rings. The Balaban J connectivity index is 1.52. The van der Waals surface area contributed by atoms with Crippen LogP contribution in [-0.4, -0.2) is 11.2 Å². The van der Waals surface area contributed by atoms with Gasteiger partial charge >= 0.3 is 0 Å². The number of nitrogens with one attached hydrogen (secondary N) is 1. The zero-order valence-corrected chi connectivity index (χ0v) is 11.6. The SMILES string of the molecule is c1ccc2c(c1)CC1CCC(C2)C1NCc1ccno1. The molecule has 2 aliphatic carbocycles. The Morgan fingerprint density at radius 1 is 1.05 bits per heavy atom. The Morgan fingerprint density at radius 2 is 1.75 bits per heavy atom. The van der Waals surface area contributed by atoms with E-state index in [-0.39, 0.29) is 0 Å². The van der Waals surface area contributed by atoms with E-state index >= 15 is 0 Å². The zero-order chi connectivity index (χ0) is 13.4. The predicted molar refractivity (Wildman–Crippen MR) is 77.2 cm³/mol. The van der Waals surface area contributed by atoms with Gasteiger partial charge in [0.15, 0.2) is 0 Å². The van der Waals surface area contributed by atoms with Gasteiger partial charge in [0, 0.05) is 12.1 Å². The summed E-state index contributed by atoms with van der Waals surface area (Å²) in [6.07, 6.45) is 6.87. The number of benzene rings is 1. The summed E-state index contributed by atoms with van der Waals surface area (Å²) in [5.74, 6) is 2.48. The topological polar surface area (TPSA) is 38.1 Å². The van der Waals surface area contributed by atoms with Crippen molar-refractivity contribution in [3.05, 3.63) is 53.4 Å². The summed E-state index contributed by atoms with van der Waals surface area (Å²) in [5.41, 5.74) is 3.12. The van der Waals surface area contributed by atoms with Crippen molar-refractivity contribution in [2.45, 2.75) is 38.3 Å². The van der Waals surface area contributed by atoms with Crippen molar-refractivity contribution in [2.24, 2.45) is 11.8 Å². The lowest BCUT2D eigenvalue weighted by atomic mass is 9.94. The van der Waals surface area contributed by atoms with Gasteiger partial charge in [-0.15, -0.1) is 0 Å². The van der Waals surface area contributed by atoms with Crippen molar-refractivity contribution in [3.63, 3.8) is 0 Å². The summed E-state index contributed by atoms with van der Waals surface area (Å²) >= 11 is 0. The van der Waals surface area contributed by atoms with Crippen LogP contribution in [0.5, 0.6) is 0 Å².